The first kappa shape index (κ1) is 15.9. The van der Waals surface area contributed by atoms with Crippen LogP contribution in [0, 0.1) is 0 Å². The van der Waals surface area contributed by atoms with Crippen LogP contribution in [0.15, 0.2) is 90.2 Å². The molecular weight excluding hydrogens is 374 g/mol. The SMILES string of the molecule is FB1n2c(c3cccc4cccc2c43)=Nc2ccc(-c3ccc4[nH]ccc4c3)c[n+]21. The van der Waals surface area contributed by atoms with Crippen molar-refractivity contribution >= 4 is 45.7 Å². The van der Waals surface area contributed by atoms with Crippen molar-refractivity contribution in [2.24, 2.45) is 4.99 Å². The molecular formula is C24H15BFN4+. The first-order valence-electron chi connectivity index (χ1n) is 9.95. The smallest absolute Gasteiger partial charge is 0.361 e. The number of hydrogen-bond acceptors (Lipinski definition) is 1. The molecule has 1 aliphatic rings. The molecule has 0 radical (unpaired) electrons. The van der Waals surface area contributed by atoms with E-state index in [1.54, 1.807) is 8.96 Å². The quantitative estimate of drug-likeness (QED) is 0.400. The molecule has 7 rings (SSSR count). The van der Waals surface area contributed by atoms with Gasteiger partial charge in [0, 0.05) is 34.2 Å². The van der Waals surface area contributed by atoms with Gasteiger partial charge in [-0.25, -0.2) is 4.48 Å². The maximum atomic E-state index is 15.9. The Morgan fingerprint density at radius 2 is 1.77 bits per heavy atom. The van der Waals surface area contributed by atoms with Crippen LogP contribution in [0.5, 0.6) is 0 Å². The van der Waals surface area contributed by atoms with Gasteiger partial charge in [0.15, 0.2) is 0 Å². The predicted molar refractivity (Wildman–Crippen MR) is 117 cm³/mol. The fraction of sp³-hybridized carbons (Fsp3) is 0. The van der Waals surface area contributed by atoms with Crippen molar-refractivity contribution in [2.45, 2.75) is 0 Å². The Balaban J connectivity index is 1.48. The molecule has 0 saturated carbocycles. The largest absolute Gasteiger partial charge is 0.727 e. The van der Waals surface area contributed by atoms with E-state index in [-0.39, 0.29) is 0 Å². The summed E-state index contributed by atoms with van der Waals surface area (Å²) in [6, 6.07) is 24.3. The van der Waals surface area contributed by atoms with Gasteiger partial charge in [0.05, 0.1) is 11.6 Å². The normalized spacial score (nSPS) is 13.0. The lowest BCUT2D eigenvalue weighted by Crippen LogP contribution is -2.58. The van der Waals surface area contributed by atoms with E-state index in [0.29, 0.717) is 11.3 Å². The summed E-state index contributed by atoms with van der Waals surface area (Å²) in [5.74, 6) is 0.616. The summed E-state index contributed by atoms with van der Waals surface area (Å²) in [5, 5.41) is 4.28. The Bertz CT molecular complexity index is 1680. The molecule has 0 aliphatic carbocycles. The van der Waals surface area contributed by atoms with Gasteiger partial charge < -0.3 is 4.98 Å². The van der Waals surface area contributed by atoms with Gasteiger partial charge in [-0.15, -0.1) is 0 Å². The van der Waals surface area contributed by atoms with Crippen LogP contribution >= 0.6 is 0 Å². The number of hydrogen-bond donors (Lipinski definition) is 1. The topological polar surface area (TPSA) is 37.0 Å². The highest BCUT2D eigenvalue weighted by atomic mass is 19.1. The molecule has 1 N–H and O–H groups in total. The van der Waals surface area contributed by atoms with Crippen LogP contribution in [0.25, 0.3) is 43.7 Å². The third-order valence-corrected chi connectivity index (χ3v) is 6.12. The molecule has 0 spiro atoms. The average Bonchev–Trinajstić information content (AvgIpc) is 3.38. The van der Waals surface area contributed by atoms with Gasteiger partial charge in [-0.2, -0.15) is 0 Å². The molecule has 0 saturated heterocycles. The fourth-order valence-electron chi connectivity index (χ4n) is 4.69. The van der Waals surface area contributed by atoms with E-state index in [1.807, 2.05) is 54.9 Å². The zero-order chi connectivity index (χ0) is 19.8. The summed E-state index contributed by atoms with van der Waals surface area (Å²) < 4.78 is 19.2. The molecule has 4 nitrogen and oxygen atoms in total. The van der Waals surface area contributed by atoms with Crippen molar-refractivity contribution < 1.29 is 8.79 Å². The summed E-state index contributed by atoms with van der Waals surface area (Å²) in [6.07, 6.45) is 3.78. The van der Waals surface area contributed by atoms with Gasteiger partial charge >= 0.3 is 13.1 Å². The standard InChI is InChI=1S/C24H15BFN4/c26-25-29-14-18(16-7-9-20-17(13-16)11-12-27-20)8-10-22(29)28-24-19-5-1-3-15-4-2-6-21(23(15)19)30(24)25/h1-14,27H/q+1. The molecule has 6 aromatic rings. The number of aromatic amines is 1. The van der Waals surface area contributed by atoms with E-state index < -0.39 is 7.26 Å². The molecule has 0 bridgehead atoms. The molecule has 1 aliphatic heterocycles. The minimum Gasteiger partial charge on any atom is -0.361 e. The monoisotopic (exact) mass is 389 g/mol. The number of halogens is 1. The van der Waals surface area contributed by atoms with Gasteiger partial charge in [0.1, 0.15) is 0 Å². The number of nitrogens with zero attached hydrogens (tertiary/aromatic N) is 3. The highest BCUT2D eigenvalue weighted by Crippen LogP contribution is 2.29. The molecule has 30 heavy (non-hydrogen) atoms. The van der Waals surface area contributed by atoms with Gasteiger partial charge in [-0.05, 0) is 57.7 Å². The minimum atomic E-state index is -1.36. The Hall–Kier alpha value is -3.93. The Morgan fingerprint density at radius 1 is 0.900 bits per heavy atom. The molecule has 3 aromatic carbocycles. The molecule has 0 fully saturated rings. The van der Waals surface area contributed by atoms with Crippen LogP contribution in [0.2, 0.25) is 0 Å². The lowest BCUT2D eigenvalue weighted by molar-refractivity contribution is -0.535. The van der Waals surface area contributed by atoms with Crippen LogP contribution < -0.4 is 9.97 Å². The van der Waals surface area contributed by atoms with E-state index in [9.17, 15) is 0 Å². The minimum absolute atomic E-state index is 0.616. The summed E-state index contributed by atoms with van der Waals surface area (Å²) in [7, 11) is -1.36. The molecule has 140 valence electrons. The van der Waals surface area contributed by atoms with E-state index in [2.05, 4.69) is 35.3 Å². The second kappa shape index (κ2) is 5.57. The second-order valence-electron chi connectivity index (χ2n) is 7.76. The van der Waals surface area contributed by atoms with Gasteiger partial charge in [0.2, 0.25) is 5.49 Å². The Morgan fingerprint density at radius 3 is 2.70 bits per heavy atom. The predicted octanol–water partition coefficient (Wildman–Crippen LogP) is 4.56. The summed E-state index contributed by atoms with van der Waals surface area (Å²) >= 11 is 0. The van der Waals surface area contributed by atoms with Gasteiger partial charge in [0.25, 0.3) is 0 Å². The maximum Gasteiger partial charge on any atom is 0.727 e. The Kier molecular flexibility index (Phi) is 2.96. The zero-order valence-electron chi connectivity index (χ0n) is 15.9. The number of fused-ring (bicyclic) bond motifs is 5. The van der Waals surface area contributed by atoms with Crippen LogP contribution in [0.4, 0.5) is 10.1 Å². The Labute approximate surface area is 171 Å². The number of H-pyrrole nitrogens is 1. The summed E-state index contributed by atoms with van der Waals surface area (Å²) in [5.41, 5.74) is 4.64. The number of aromatic nitrogens is 3. The lowest BCUT2D eigenvalue weighted by atomic mass is 9.99. The fourth-order valence-corrected chi connectivity index (χ4v) is 4.69. The zero-order valence-corrected chi connectivity index (χ0v) is 15.9. The summed E-state index contributed by atoms with van der Waals surface area (Å²) in [4.78, 5) is 8.04. The molecule has 4 heterocycles. The first-order valence-corrected chi connectivity index (χ1v) is 9.95. The van der Waals surface area contributed by atoms with Crippen molar-refractivity contribution in [1.82, 2.24) is 9.46 Å². The molecule has 3 aromatic heterocycles. The number of benzene rings is 3. The molecule has 0 unspecified atom stereocenters. The highest BCUT2D eigenvalue weighted by molar-refractivity contribution is 6.42. The molecule has 6 heteroatoms. The number of nitrogens with one attached hydrogen (secondary N) is 1. The van der Waals surface area contributed by atoms with Crippen molar-refractivity contribution in [3.8, 4) is 11.1 Å². The van der Waals surface area contributed by atoms with Crippen molar-refractivity contribution in [1.29, 1.82) is 0 Å². The second-order valence-corrected chi connectivity index (χ2v) is 7.76. The molecule has 0 atom stereocenters. The van der Waals surface area contributed by atoms with Gasteiger partial charge in [-0.1, -0.05) is 30.3 Å². The van der Waals surface area contributed by atoms with Crippen molar-refractivity contribution in [3.05, 3.63) is 90.7 Å². The lowest BCUT2D eigenvalue weighted by Gasteiger charge is -2.11. The number of pyridine rings is 1. The maximum absolute atomic E-state index is 15.9. The van der Waals surface area contributed by atoms with E-state index in [4.69, 9.17) is 4.99 Å². The van der Waals surface area contributed by atoms with Crippen LogP contribution in [0.1, 0.15) is 0 Å². The van der Waals surface area contributed by atoms with Crippen LogP contribution in [-0.2, 0) is 0 Å². The summed E-state index contributed by atoms with van der Waals surface area (Å²) in [6.45, 7) is 0. The van der Waals surface area contributed by atoms with Crippen LogP contribution in [0.3, 0.4) is 0 Å². The molecule has 0 amide bonds. The van der Waals surface area contributed by atoms with E-state index >= 15 is 4.32 Å². The average molecular weight is 389 g/mol. The van der Waals surface area contributed by atoms with Crippen molar-refractivity contribution in [2.75, 3.05) is 0 Å². The first-order chi connectivity index (χ1) is 14.8. The van der Waals surface area contributed by atoms with E-state index in [0.717, 1.165) is 43.7 Å². The highest BCUT2D eigenvalue weighted by Gasteiger charge is 2.39. The number of rotatable bonds is 1. The van der Waals surface area contributed by atoms with Crippen molar-refractivity contribution in [3.63, 3.8) is 0 Å². The van der Waals surface area contributed by atoms with Crippen LogP contribution in [-0.4, -0.2) is 16.7 Å². The van der Waals surface area contributed by atoms with E-state index in [1.165, 1.54) is 0 Å². The third kappa shape index (κ3) is 2.00. The third-order valence-electron chi connectivity index (χ3n) is 6.12. The van der Waals surface area contributed by atoms with Gasteiger partial charge in [-0.3, -0.25) is 8.79 Å².